The van der Waals surface area contributed by atoms with E-state index in [2.05, 4.69) is 24.1 Å². The first-order valence-corrected chi connectivity index (χ1v) is 5.54. The Morgan fingerprint density at radius 2 is 2.13 bits per heavy atom. The topological polar surface area (TPSA) is 24.9 Å². The molecule has 0 radical (unpaired) electrons. The number of halogens is 1. The normalized spacial score (nSPS) is 19.9. The lowest BCUT2D eigenvalue weighted by molar-refractivity contribution is 0.435. The van der Waals surface area contributed by atoms with Crippen molar-refractivity contribution in [1.29, 1.82) is 0 Å². The van der Waals surface area contributed by atoms with Crippen molar-refractivity contribution in [2.45, 2.75) is 38.8 Å². The van der Waals surface area contributed by atoms with Crippen LogP contribution in [0.2, 0.25) is 0 Å². The molecule has 0 amide bonds. The van der Waals surface area contributed by atoms with Crippen molar-refractivity contribution in [3.8, 4) is 0 Å². The van der Waals surface area contributed by atoms with E-state index in [1.165, 1.54) is 25.1 Å². The van der Waals surface area contributed by atoms with Crippen molar-refractivity contribution in [3.05, 3.63) is 29.8 Å². The van der Waals surface area contributed by atoms with E-state index in [1.807, 2.05) is 0 Å². The number of hydrogen-bond acceptors (Lipinski definition) is 2. The van der Waals surface area contributed by atoms with Gasteiger partial charge in [0.15, 0.2) is 0 Å². The molecular formula is C12H17FN2. The molecule has 0 spiro atoms. The van der Waals surface area contributed by atoms with E-state index in [-0.39, 0.29) is 11.9 Å². The summed E-state index contributed by atoms with van der Waals surface area (Å²) in [5, 5.41) is 3.49. The van der Waals surface area contributed by atoms with Crippen molar-refractivity contribution < 1.29 is 4.39 Å². The fraction of sp³-hybridized carbons (Fsp3) is 0.583. The van der Waals surface area contributed by atoms with Gasteiger partial charge in [0, 0.05) is 12.1 Å². The van der Waals surface area contributed by atoms with E-state index in [4.69, 9.17) is 0 Å². The summed E-state index contributed by atoms with van der Waals surface area (Å²) in [6.07, 6.45) is 3.94. The summed E-state index contributed by atoms with van der Waals surface area (Å²) in [5.41, 5.74) is 0.906. The van der Waals surface area contributed by atoms with Gasteiger partial charge in [0.2, 0.25) is 0 Å². The first kappa shape index (κ1) is 10.6. The first-order chi connectivity index (χ1) is 7.16. The molecule has 2 rings (SSSR count). The van der Waals surface area contributed by atoms with E-state index in [9.17, 15) is 4.39 Å². The molecule has 15 heavy (non-hydrogen) atoms. The van der Waals surface area contributed by atoms with Crippen LogP contribution in [0.3, 0.4) is 0 Å². The molecule has 0 bridgehead atoms. The molecule has 2 unspecified atom stereocenters. The molecule has 1 saturated carbocycles. The lowest BCUT2D eigenvalue weighted by Crippen LogP contribution is -2.30. The summed E-state index contributed by atoms with van der Waals surface area (Å²) in [6, 6.07) is 3.93. The minimum Gasteiger partial charge on any atom is -0.306 e. The Kier molecular flexibility index (Phi) is 3.00. The van der Waals surface area contributed by atoms with Gasteiger partial charge in [0.1, 0.15) is 5.82 Å². The van der Waals surface area contributed by atoms with Crippen molar-refractivity contribution >= 4 is 0 Å². The minimum absolute atomic E-state index is 0.196. The molecule has 1 aliphatic carbocycles. The highest BCUT2D eigenvalue weighted by Gasteiger charge is 2.28. The van der Waals surface area contributed by atoms with Crippen LogP contribution in [-0.2, 0) is 0 Å². The van der Waals surface area contributed by atoms with Gasteiger partial charge in [-0.25, -0.2) is 4.39 Å². The molecule has 0 aliphatic heterocycles. The van der Waals surface area contributed by atoms with Gasteiger partial charge in [-0.3, -0.25) is 4.98 Å². The Morgan fingerprint density at radius 3 is 2.67 bits per heavy atom. The van der Waals surface area contributed by atoms with Gasteiger partial charge in [-0.1, -0.05) is 0 Å². The molecule has 1 N–H and O–H groups in total. The molecule has 2 nitrogen and oxygen atoms in total. The number of pyridine rings is 1. The molecule has 1 heterocycles. The Balaban J connectivity index is 1.94. The zero-order valence-corrected chi connectivity index (χ0v) is 9.20. The van der Waals surface area contributed by atoms with Crippen LogP contribution in [-0.4, -0.2) is 11.0 Å². The number of nitrogens with one attached hydrogen (secondary N) is 1. The highest BCUT2D eigenvalue weighted by atomic mass is 19.1. The van der Waals surface area contributed by atoms with Crippen LogP contribution in [0.5, 0.6) is 0 Å². The van der Waals surface area contributed by atoms with E-state index < -0.39 is 0 Å². The second-order valence-corrected chi connectivity index (χ2v) is 4.42. The molecule has 82 valence electrons. The Labute approximate surface area is 89.9 Å². The van der Waals surface area contributed by atoms with E-state index in [0.717, 1.165) is 11.6 Å². The molecule has 1 aliphatic rings. The Morgan fingerprint density at radius 1 is 1.40 bits per heavy atom. The molecule has 0 saturated heterocycles. The smallest absolute Gasteiger partial charge is 0.141 e. The number of hydrogen-bond donors (Lipinski definition) is 1. The quantitative estimate of drug-likeness (QED) is 0.822. The third-order valence-corrected chi connectivity index (χ3v) is 3.04. The van der Waals surface area contributed by atoms with Crippen LogP contribution in [0.25, 0.3) is 0 Å². The summed E-state index contributed by atoms with van der Waals surface area (Å²) in [6.45, 7) is 4.27. The van der Waals surface area contributed by atoms with Gasteiger partial charge >= 0.3 is 0 Å². The summed E-state index contributed by atoms with van der Waals surface area (Å²) >= 11 is 0. The Hall–Kier alpha value is -0.960. The van der Waals surface area contributed by atoms with E-state index in [0.29, 0.717) is 6.04 Å². The molecule has 1 fully saturated rings. The van der Waals surface area contributed by atoms with Crippen LogP contribution in [0, 0.1) is 11.7 Å². The maximum absolute atomic E-state index is 12.7. The summed E-state index contributed by atoms with van der Waals surface area (Å²) in [5.74, 6) is 0.550. The fourth-order valence-electron chi connectivity index (χ4n) is 1.86. The van der Waals surface area contributed by atoms with Crippen LogP contribution < -0.4 is 5.32 Å². The van der Waals surface area contributed by atoms with Crippen molar-refractivity contribution in [3.63, 3.8) is 0 Å². The standard InChI is InChI=1S/C12H17FN2/c1-8(10-3-4-10)15-9(2)12-6-5-11(13)7-14-12/h5-10,15H,3-4H2,1-2H3. The molecule has 0 aromatic carbocycles. The lowest BCUT2D eigenvalue weighted by atomic mass is 10.1. The van der Waals surface area contributed by atoms with E-state index in [1.54, 1.807) is 6.07 Å². The highest BCUT2D eigenvalue weighted by molar-refractivity contribution is 5.09. The van der Waals surface area contributed by atoms with Crippen LogP contribution >= 0.6 is 0 Å². The highest BCUT2D eigenvalue weighted by Crippen LogP contribution is 2.33. The van der Waals surface area contributed by atoms with Gasteiger partial charge in [0.25, 0.3) is 0 Å². The van der Waals surface area contributed by atoms with Gasteiger partial charge in [0.05, 0.1) is 11.9 Å². The summed E-state index contributed by atoms with van der Waals surface area (Å²) < 4.78 is 12.7. The average molecular weight is 208 g/mol. The van der Waals surface area contributed by atoms with Crippen molar-refractivity contribution in [2.75, 3.05) is 0 Å². The van der Waals surface area contributed by atoms with E-state index >= 15 is 0 Å². The van der Waals surface area contributed by atoms with Gasteiger partial charge in [-0.2, -0.15) is 0 Å². The SMILES string of the molecule is CC(NC(C)C1CC1)c1ccc(F)cn1. The number of nitrogens with zero attached hydrogens (tertiary/aromatic N) is 1. The van der Waals surface area contributed by atoms with Gasteiger partial charge in [-0.05, 0) is 44.7 Å². The predicted molar refractivity (Wildman–Crippen MR) is 57.9 cm³/mol. The zero-order valence-electron chi connectivity index (χ0n) is 9.20. The predicted octanol–water partition coefficient (Wildman–Crippen LogP) is 2.67. The molecule has 2 atom stereocenters. The van der Waals surface area contributed by atoms with Crippen LogP contribution in [0.1, 0.15) is 38.4 Å². The van der Waals surface area contributed by atoms with Crippen molar-refractivity contribution in [2.24, 2.45) is 5.92 Å². The van der Waals surface area contributed by atoms with Crippen LogP contribution in [0.15, 0.2) is 18.3 Å². The largest absolute Gasteiger partial charge is 0.306 e. The third-order valence-electron chi connectivity index (χ3n) is 3.04. The average Bonchev–Trinajstić information content (AvgIpc) is 3.01. The maximum atomic E-state index is 12.7. The molecule has 1 aromatic heterocycles. The lowest BCUT2D eigenvalue weighted by Gasteiger charge is -2.19. The molecule has 3 heteroatoms. The minimum atomic E-state index is -0.277. The fourth-order valence-corrected chi connectivity index (χ4v) is 1.86. The number of aromatic nitrogens is 1. The van der Waals surface area contributed by atoms with Crippen molar-refractivity contribution in [1.82, 2.24) is 10.3 Å². The van der Waals surface area contributed by atoms with Gasteiger partial charge < -0.3 is 5.32 Å². The maximum Gasteiger partial charge on any atom is 0.141 e. The molecular weight excluding hydrogens is 191 g/mol. The second kappa shape index (κ2) is 4.27. The first-order valence-electron chi connectivity index (χ1n) is 5.54. The van der Waals surface area contributed by atoms with Gasteiger partial charge in [-0.15, -0.1) is 0 Å². The number of rotatable bonds is 4. The zero-order chi connectivity index (χ0) is 10.8. The molecule has 1 aromatic rings. The van der Waals surface area contributed by atoms with Crippen LogP contribution in [0.4, 0.5) is 4.39 Å². The second-order valence-electron chi connectivity index (χ2n) is 4.42. The Bertz CT molecular complexity index is 319. The monoisotopic (exact) mass is 208 g/mol. The third kappa shape index (κ3) is 2.75. The summed E-state index contributed by atoms with van der Waals surface area (Å²) in [4.78, 5) is 4.07. The summed E-state index contributed by atoms with van der Waals surface area (Å²) in [7, 11) is 0.